The normalized spacial score (nSPS) is 26.4. The number of nitrogens with one attached hydrogen (secondary N) is 1. The van der Waals surface area contributed by atoms with Crippen molar-refractivity contribution in [2.75, 3.05) is 20.0 Å². The highest BCUT2D eigenvalue weighted by molar-refractivity contribution is 6.27. The Hall–Kier alpha value is -0.540. The minimum atomic E-state index is -0.118. The Bertz CT molecular complexity index is 413. The van der Waals surface area contributed by atoms with Gasteiger partial charge in [0.05, 0.1) is 20.1 Å². The summed E-state index contributed by atoms with van der Waals surface area (Å²) < 4.78 is 0.899. The number of likely N-dealkylation sites (N-methyl/N-ethyl adjacent to an activating group) is 1. The average Bonchev–Trinajstić information content (AvgIpc) is 2.25. The maximum Gasteiger partial charge on any atom is 0.239 e. The number of carbonyl (C=O) groups is 1. The summed E-state index contributed by atoms with van der Waals surface area (Å²) in [5.74, 6) is -0.107. The highest BCUT2D eigenvalue weighted by Crippen LogP contribution is 2.44. The van der Waals surface area contributed by atoms with Gasteiger partial charge in [-0.2, -0.15) is 0 Å². The van der Waals surface area contributed by atoms with Crippen molar-refractivity contribution < 1.29 is 9.28 Å². The molecule has 0 bridgehead atoms. The number of hydrogen-bond acceptors (Lipinski definition) is 1. The van der Waals surface area contributed by atoms with Crippen molar-refractivity contribution in [3.8, 4) is 0 Å². The molecular formula is C16H30ClN2O+. The molecule has 0 aromatic heterocycles. The summed E-state index contributed by atoms with van der Waals surface area (Å²) in [5, 5.41) is 2.97. The van der Waals surface area contributed by atoms with E-state index in [0.29, 0.717) is 6.04 Å². The molecule has 0 radical (unpaired) electrons. The second kappa shape index (κ2) is 5.69. The molecule has 0 spiro atoms. The van der Waals surface area contributed by atoms with E-state index in [4.69, 9.17) is 11.6 Å². The predicted octanol–water partition coefficient (Wildman–Crippen LogP) is 3.29. The molecule has 0 aromatic carbocycles. The van der Waals surface area contributed by atoms with Gasteiger partial charge in [0.15, 0.2) is 0 Å². The lowest BCUT2D eigenvalue weighted by atomic mass is 9.69. The topological polar surface area (TPSA) is 29.1 Å². The fraction of sp³-hybridized carbons (Fsp3) is 0.812. The quantitative estimate of drug-likeness (QED) is 0.626. The molecule has 1 aliphatic carbocycles. The van der Waals surface area contributed by atoms with Crippen molar-refractivity contribution in [3.63, 3.8) is 0 Å². The standard InChI is InChI=1S/C16H29ClN2O/c1-12(2)19(6,7)16(5)9-13(18-14(20)10-17)8-15(3,4)11-16/h9,12H,8,10-11H2,1-7H3/p+1. The lowest BCUT2D eigenvalue weighted by Gasteiger charge is -2.53. The molecule has 0 saturated heterocycles. The van der Waals surface area contributed by atoms with Gasteiger partial charge in [-0.15, -0.1) is 11.6 Å². The molecule has 20 heavy (non-hydrogen) atoms. The van der Waals surface area contributed by atoms with Crippen molar-refractivity contribution in [2.24, 2.45) is 5.41 Å². The molecule has 116 valence electrons. The average molecular weight is 302 g/mol. The SMILES string of the molecule is CC(C)[N+](C)(C)C1(C)C=C(NC(=O)CCl)CC(C)(C)C1. The number of rotatable bonds is 4. The molecule has 1 rings (SSSR count). The Morgan fingerprint density at radius 3 is 2.40 bits per heavy atom. The lowest BCUT2D eigenvalue weighted by Crippen LogP contribution is -2.63. The molecular weight excluding hydrogens is 272 g/mol. The predicted molar refractivity (Wildman–Crippen MR) is 85.6 cm³/mol. The molecule has 4 heteroatoms. The fourth-order valence-corrected chi connectivity index (χ4v) is 3.34. The molecule has 0 heterocycles. The number of allylic oxidation sites excluding steroid dienone is 1. The van der Waals surface area contributed by atoms with Crippen LogP contribution in [0.5, 0.6) is 0 Å². The summed E-state index contributed by atoms with van der Waals surface area (Å²) in [7, 11) is 4.53. The zero-order valence-corrected chi connectivity index (χ0v) is 14.8. The Balaban J connectivity index is 3.18. The van der Waals surface area contributed by atoms with Crippen LogP contribution in [-0.4, -0.2) is 41.9 Å². The van der Waals surface area contributed by atoms with Gasteiger partial charge >= 0.3 is 0 Å². The van der Waals surface area contributed by atoms with Crippen LogP contribution in [0.4, 0.5) is 0 Å². The van der Waals surface area contributed by atoms with E-state index in [1.54, 1.807) is 0 Å². The number of alkyl halides is 1. The van der Waals surface area contributed by atoms with E-state index >= 15 is 0 Å². The van der Waals surface area contributed by atoms with E-state index in [-0.39, 0.29) is 22.7 Å². The highest BCUT2D eigenvalue weighted by Gasteiger charge is 2.48. The lowest BCUT2D eigenvalue weighted by molar-refractivity contribution is -0.953. The molecule has 1 aliphatic rings. The van der Waals surface area contributed by atoms with Gasteiger partial charge in [-0.3, -0.25) is 4.79 Å². The van der Waals surface area contributed by atoms with Crippen molar-refractivity contribution in [1.29, 1.82) is 0 Å². The second-order valence-electron chi connectivity index (χ2n) is 7.86. The van der Waals surface area contributed by atoms with Gasteiger partial charge in [-0.1, -0.05) is 13.8 Å². The maximum atomic E-state index is 11.6. The third-order valence-corrected chi connectivity index (χ3v) is 5.26. The summed E-state index contributed by atoms with van der Waals surface area (Å²) in [6.45, 7) is 11.3. The van der Waals surface area contributed by atoms with Gasteiger partial charge in [-0.05, 0) is 38.7 Å². The first-order chi connectivity index (χ1) is 8.93. The zero-order valence-electron chi connectivity index (χ0n) is 14.0. The number of amides is 1. The van der Waals surface area contributed by atoms with Gasteiger partial charge in [0.2, 0.25) is 5.91 Å². The smallest absolute Gasteiger partial charge is 0.239 e. The molecule has 0 aromatic rings. The van der Waals surface area contributed by atoms with Gasteiger partial charge in [0.1, 0.15) is 11.4 Å². The fourth-order valence-electron chi connectivity index (χ4n) is 3.28. The van der Waals surface area contributed by atoms with Gasteiger partial charge < -0.3 is 9.80 Å². The van der Waals surface area contributed by atoms with E-state index in [1.165, 1.54) is 0 Å². The van der Waals surface area contributed by atoms with E-state index in [2.05, 4.69) is 60.1 Å². The van der Waals surface area contributed by atoms with E-state index in [9.17, 15) is 4.79 Å². The summed E-state index contributed by atoms with van der Waals surface area (Å²) in [4.78, 5) is 11.6. The maximum absolute atomic E-state index is 11.6. The number of halogens is 1. The number of carbonyl (C=O) groups excluding carboxylic acids is 1. The molecule has 1 N–H and O–H groups in total. The molecule has 1 unspecified atom stereocenters. The van der Waals surface area contributed by atoms with Crippen LogP contribution in [0, 0.1) is 5.41 Å². The summed E-state index contributed by atoms with van der Waals surface area (Å²) >= 11 is 5.61. The van der Waals surface area contributed by atoms with Crippen molar-refractivity contribution in [3.05, 3.63) is 11.8 Å². The Morgan fingerprint density at radius 1 is 1.40 bits per heavy atom. The van der Waals surface area contributed by atoms with Crippen LogP contribution in [0.1, 0.15) is 47.5 Å². The van der Waals surface area contributed by atoms with Crippen LogP contribution < -0.4 is 5.32 Å². The van der Waals surface area contributed by atoms with Gasteiger partial charge in [0, 0.05) is 12.1 Å². The Morgan fingerprint density at radius 2 is 1.95 bits per heavy atom. The minimum Gasteiger partial charge on any atom is -0.329 e. The number of hydrogen-bond donors (Lipinski definition) is 1. The first kappa shape index (κ1) is 17.5. The van der Waals surface area contributed by atoms with E-state index < -0.39 is 0 Å². The molecule has 0 fully saturated rings. The van der Waals surface area contributed by atoms with Gasteiger partial charge in [-0.25, -0.2) is 0 Å². The number of nitrogens with zero attached hydrogens (tertiary/aromatic N) is 1. The first-order valence-corrected chi connectivity index (χ1v) is 7.88. The first-order valence-electron chi connectivity index (χ1n) is 7.35. The summed E-state index contributed by atoms with van der Waals surface area (Å²) in [6.07, 6.45) is 4.25. The molecule has 1 amide bonds. The summed E-state index contributed by atoms with van der Waals surface area (Å²) in [5.41, 5.74) is 1.19. The van der Waals surface area contributed by atoms with Crippen LogP contribution >= 0.6 is 11.6 Å². The van der Waals surface area contributed by atoms with Crippen molar-refractivity contribution >= 4 is 17.5 Å². The van der Waals surface area contributed by atoms with E-state index in [0.717, 1.165) is 23.0 Å². The highest BCUT2D eigenvalue weighted by atomic mass is 35.5. The van der Waals surface area contributed by atoms with Crippen LogP contribution in [0.2, 0.25) is 0 Å². The number of quaternary nitrogens is 1. The molecule has 3 nitrogen and oxygen atoms in total. The van der Waals surface area contributed by atoms with Crippen molar-refractivity contribution in [1.82, 2.24) is 5.32 Å². The van der Waals surface area contributed by atoms with Gasteiger partial charge in [0.25, 0.3) is 0 Å². The van der Waals surface area contributed by atoms with Crippen LogP contribution in [0.25, 0.3) is 0 Å². The van der Waals surface area contributed by atoms with Crippen LogP contribution in [0.15, 0.2) is 11.8 Å². The largest absolute Gasteiger partial charge is 0.329 e. The Labute approximate surface area is 129 Å². The van der Waals surface area contributed by atoms with Crippen LogP contribution in [-0.2, 0) is 4.79 Å². The second-order valence-corrected chi connectivity index (χ2v) is 8.13. The molecule has 0 aliphatic heterocycles. The zero-order chi connectivity index (χ0) is 15.8. The minimum absolute atomic E-state index is 0.00480. The van der Waals surface area contributed by atoms with Crippen LogP contribution in [0.3, 0.4) is 0 Å². The third kappa shape index (κ3) is 3.56. The summed E-state index contributed by atoms with van der Waals surface area (Å²) in [6, 6.07) is 0.509. The molecule has 1 atom stereocenters. The Kier molecular flexibility index (Phi) is 4.98. The monoisotopic (exact) mass is 301 g/mol. The third-order valence-electron chi connectivity index (χ3n) is 5.02. The van der Waals surface area contributed by atoms with Crippen molar-refractivity contribution in [2.45, 2.75) is 59.0 Å². The van der Waals surface area contributed by atoms with E-state index in [1.807, 2.05) is 0 Å². The molecule has 0 saturated carbocycles.